The second-order valence-corrected chi connectivity index (χ2v) is 4.18. The van der Waals surface area contributed by atoms with E-state index >= 15 is 0 Å². The van der Waals surface area contributed by atoms with Crippen LogP contribution in [0.25, 0.3) is 11.1 Å². The molecule has 2 aromatic rings. The number of aromatic nitrogens is 2. The topological polar surface area (TPSA) is 87.0 Å². The van der Waals surface area contributed by atoms with E-state index in [0.29, 0.717) is 22.3 Å². The minimum atomic E-state index is 0.161. The number of ether oxygens (including phenoxy) is 1. The Hall–Kier alpha value is -2.01. The summed E-state index contributed by atoms with van der Waals surface area (Å²) in [5, 5.41) is 0.505. The van der Waals surface area contributed by atoms with Crippen molar-refractivity contribution < 1.29 is 4.74 Å². The van der Waals surface area contributed by atoms with E-state index in [0.717, 1.165) is 11.1 Å². The van der Waals surface area contributed by atoms with Gasteiger partial charge in [0.05, 0.1) is 17.8 Å². The molecule has 0 unspecified atom stereocenters. The Morgan fingerprint density at radius 1 is 1.22 bits per heavy atom. The van der Waals surface area contributed by atoms with Crippen LogP contribution >= 0.6 is 11.6 Å². The normalized spacial score (nSPS) is 10.4. The molecule has 18 heavy (non-hydrogen) atoms. The lowest BCUT2D eigenvalue weighted by Gasteiger charge is -2.10. The number of aryl methyl sites for hydroxylation is 1. The Balaban J connectivity index is 2.59. The number of hydrogen-bond acceptors (Lipinski definition) is 5. The van der Waals surface area contributed by atoms with Crippen molar-refractivity contribution in [1.29, 1.82) is 0 Å². The molecule has 0 spiro atoms. The molecule has 0 aliphatic rings. The predicted octanol–water partition coefficient (Wildman–Crippen LogP) is 2.28. The SMILES string of the molecule is COc1ccc(-c2c(C)nc(N)nc2N)cc1Cl. The molecule has 1 aromatic heterocycles. The van der Waals surface area contributed by atoms with Crippen LogP contribution in [-0.2, 0) is 0 Å². The molecule has 0 bridgehead atoms. The molecule has 6 heteroatoms. The average molecular weight is 265 g/mol. The third-order valence-electron chi connectivity index (χ3n) is 2.58. The van der Waals surface area contributed by atoms with Crippen LogP contribution in [0.5, 0.6) is 5.75 Å². The van der Waals surface area contributed by atoms with Crippen molar-refractivity contribution in [2.24, 2.45) is 0 Å². The monoisotopic (exact) mass is 264 g/mol. The van der Waals surface area contributed by atoms with Crippen LogP contribution in [0.4, 0.5) is 11.8 Å². The van der Waals surface area contributed by atoms with Crippen molar-refractivity contribution in [3.63, 3.8) is 0 Å². The molecule has 94 valence electrons. The fraction of sp³-hybridized carbons (Fsp3) is 0.167. The third kappa shape index (κ3) is 2.17. The van der Waals surface area contributed by atoms with Gasteiger partial charge < -0.3 is 16.2 Å². The highest BCUT2D eigenvalue weighted by molar-refractivity contribution is 6.32. The molecule has 1 aromatic carbocycles. The Labute approximate surface area is 110 Å². The fourth-order valence-electron chi connectivity index (χ4n) is 1.80. The third-order valence-corrected chi connectivity index (χ3v) is 2.87. The number of methoxy groups -OCH3 is 1. The summed E-state index contributed by atoms with van der Waals surface area (Å²) in [5.41, 5.74) is 13.7. The van der Waals surface area contributed by atoms with Crippen LogP contribution in [0.2, 0.25) is 5.02 Å². The number of nitrogens with two attached hydrogens (primary N) is 2. The first kappa shape index (κ1) is 12.4. The molecule has 0 saturated carbocycles. The first-order chi connectivity index (χ1) is 8.52. The van der Waals surface area contributed by atoms with Gasteiger partial charge in [-0.15, -0.1) is 0 Å². The van der Waals surface area contributed by atoms with Crippen molar-refractivity contribution in [3.8, 4) is 16.9 Å². The minimum absolute atomic E-state index is 0.161. The summed E-state index contributed by atoms with van der Waals surface area (Å²) in [6, 6.07) is 5.38. The highest BCUT2D eigenvalue weighted by Crippen LogP contribution is 2.33. The highest BCUT2D eigenvalue weighted by atomic mass is 35.5. The van der Waals surface area contributed by atoms with Gasteiger partial charge in [-0.05, 0) is 24.6 Å². The first-order valence-electron chi connectivity index (χ1n) is 5.26. The zero-order chi connectivity index (χ0) is 13.3. The zero-order valence-corrected chi connectivity index (χ0v) is 10.8. The zero-order valence-electron chi connectivity index (χ0n) is 10.1. The van der Waals surface area contributed by atoms with Gasteiger partial charge in [0.1, 0.15) is 11.6 Å². The van der Waals surface area contributed by atoms with E-state index in [1.807, 2.05) is 13.0 Å². The van der Waals surface area contributed by atoms with E-state index in [1.165, 1.54) is 0 Å². The molecule has 0 atom stereocenters. The number of nitrogen functional groups attached to an aromatic ring is 2. The quantitative estimate of drug-likeness (QED) is 0.869. The summed E-state index contributed by atoms with van der Waals surface area (Å²) in [6.07, 6.45) is 0. The first-order valence-corrected chi connectivity index (χ1v) is 5.64. The summed E-state index contributed by atoms with van der Waals surface area (Å²) < 4.78 is 5.10. The Kier molecular flexibility index (Phi) is 3.25. The number of halogens is 1. The number of rotatable bonds is 2. The van der Waals surface area contributed by atoms with Crippen LogP contribution in [-0.4, -0.2) is 17.1 Å². The van der Waals surface area contributed by atoms with Crippen LogP contribution < -0.4 is 16.2 Å². The molecular weight excluding hydrogens is 252 g/mol. The number of nitrogens with zero attached hydrogens (tertiary/aromatic N) is 2. The van der Waals surface area contributed by atoms with Crippen molar-refractivity contribution in [3.05, 3.63) is 28.9 Å². The Morgan fingerprint density at radius 2 is 1.94 bits per heavy atom. The molecule has 0 saturated heterocycles. The smallest absolute Gasteiger partial charge is 0.222 e. The van der Waals surface area contributed by atoms with Crippen LogP contribution in [0, 0.1) is 6.92 Å². The average Bonchev–Trinajstić information content (AvgIpc) is 2.27. The number of benzene rings is 1. The lowest BCUT2D eigenvalue weighted by molar-refractivity contribution is 0.415. The lowest BCUT2D eigenvalue weighted by Crippen LogP contribution is -2.04. The maximum Gasteiger partial charge on any atom is 0.222 e. The molecule has 0 aliphatic carbocycles. The molecule has 0 radical (unpaired) electrons. The second-order valence-electron chi connectivity index (χ2n) is 3.78. The molecule has 4 N–H and O–H groups in total. The molecule has 2 rings (SSSR count). The summed E-state index contributed by atoms with van der Waals surface area (Å²) in [6.45, 7) is 1.82. The van der Waals surface area contributed by atoms with E-state index in [4.69, 9.17) is 27.8 Å². The fourth-order valence-corrected chi connectivity index (χ4v) is 2.05. The van der Waals surface area contributed by atoms with E-state index in [9.17, 15) is 0 Å². The lowest BCUT2D eigenvalue weighted by atomic mass is 10.0. The van der Waals surface area contributed by atoms with Gasteiger partial charge in [0, 0.05) is 5.56 Å². The molecule has 5 nitrogen and oxygen atoms in total. The van der Waals surface area contributed by atoms with Crippen molar-refractivity contribution >= 4 is 23.4 Å². The van der Waals surface area contributed by atoms with Gasteiger partial charge in [-0.2, -0.15) is 4.98 Å². The second kappa shape index (κ2) is 4.70. The van der Waals surface area contributed by atoms with Gasteiger partial charge >= 0.3 is 0 Å². The number of hydrogen-bond donors (Lipinski definition) is 2. The standard InChI is InChI=1S/C12H13ClN4O/c1-6-10(11(14)17-12(15)16-6)7-3-4-9(18-2)8(13)5-7/h3-5H,1-2H3,(H4,14,15,16,17). The molecule has 0 amide bonds. The van der Waals surface area contributed by atoms with Gasteiger partial charge in [0.15, 0.2) is 0 Å². The van der Waals surface area contributed by atoms with E-state index in [2.05, 4.69) is 9.97 Å². The molecule has 0 aliphatic heterocycles. The van der Waals surface area contributed by atoms with Crippen molar-refractivity contribution in [2.75, 3.05) is 18.6 Å². The largest absolute Gasteiger partial charge is 0.495 e. The maximum atomic E-state index is 6.08. The summed E-state index contributed by atoms with van der Waals surface area (Å²) in [7, 11) is 1.56. The molecule has 1 heterocycles. The van der Waals surface area contributed by atoms with Gasteiger partial charge in [-0.25, -0.2) is 4.98 Å². The Morgan fingerprint density at radius 3 is 2.50 bits per heavy atom. The van der Waals surface area contributed by atoms with Crippen molar-refractivity contribution in [1.82, 2.24) is 9.97 Å². The van der Waals surface area contributed by atoms with Gasteiger partial charge in [-0.1, -0.05) is 17.7 Å². The maximum absolute atomic E-state index is 6.08. The predicted molar refractivity (Wildman–Crippen MR) is 72.6 cm³/mol. The Bertz CT molecular complexity index is 578. The van der Waals surface area contributed by atoms with Gasteiger partial charge in [0.2, 0.25) is 5.95 Å². The summed E-state index contributed by atoms with van der Waals surface area (Å²) in [5.74, 6) is 1.10. The van der Waals surface area contributed by atoms with Crippen LogP contribution in [0.1, 0.15) is 5.69 Å². The number of anilines is 2. The van der Waals surface area contributed by atoms with Crippen LogP contribution in [0.3, 0.4) is 0 Å². The molecular formula is C12H13ClN4O. The van der Waals surface area contributed by atoms with Gasteiger partial charge in [0.25, 0.3) is 0 Å². The van der Waals surface area contributed by atoms with E-state index in [1.54, 1.807) is 19.2 Å². The van der Waals surface area contributed by atoms with E-state index < -0.39 is 0 Å². The van der Waals surface area contributed by atoms with Crippen LogP contribution in [0.15, 0.2) is 18.2 Å². The summed E-state index contributed by atoms with van der Waals surface area (Å²) in [4.78, 5) is 8.05. The minimum Gasteiger partial charge on any atom is -0.495 e. The van der Waals surface area contributed by atoms with E-state index in [-0.39, 0.29) is 5.95 Å². The van der Waals surface area contributed by atoms with Gasteiger partial charge in [-0.3, -0.25) is 0 Å². The molecule has 0 fully saturated rings. The van der Waals surface area contributed by atoms with Crippen molar-refractivity contribution in [2.45, 2.75) is 6.92 Å². The summed E-state index contributed by atoms with van der Waals surface area (Å²) >= 11 is 6.08. The highest BCUT2D eigenvalue weighted by Gasteiger charge is 2.12.